The molecule has 0 aliphatic rings. The minimum atomic E-state index is -1.37. The molecule has 2 heteroatoms. The molecule has 0 aromatic heterocycles. The highest BCUT2D eigenvalue weighted by molar-refractivity contribution is 7.82. The van der Waals surface area contributed by atoms with Crippen LogP contribution in [-0.2, 0) is 0 Å². The van der Waals surface area contributed by atoms with Gasteiger partial charge in [-0.2, -0.15) is 0 Å². The third-order valence-electron chi connectivity index (χ3n) is 7.22. The number of hydrogen-bond donors (Lipinski definition) is 0. The summed E-state index contributed by atoms with van der Waals surface area (Å²) >= 11 is -1.37. The topological polar surface area (TPSA) is 0 Å². The first kappa shape index (κ1) is 28.9. The van der Waals surface area contributed by atoms with Crippen molar-refractivity contribution in [2.45, 2.75) is 91.6 Å². The maximum Gasteiger partial charge on any atom is 0.307 e. The first-order valence-electron chi connectivity index (χ1n) is 13.3. The monoisotopic (exact) mass is 512 g/mol. The van der Waals surface area contributed by atoms with E-state index in [0.717, 1.165) is 0 Å². The Labute approximate surface area is 227 Å². The van der Waals surface area contributed by atoms with Crippen molar-refractivity contribution < 1.29 is 0 Å². The summed E-state index contributed by atoms with van der Waals surface area (Å²) in [6, 6.07) is 20.8. The summed E-state index contributed by atoms with van der Waals surface area (Å²) in [5, 5.41) is 4.63. The summed E-state index contributed by atoms with van der Waals surface area (Å²) in [5.74, 6) is 0. The lowest BCUT2D eigenvalue weighted by molar-refractivity contribution is 0.652. The van der Waals surface area contributed by atoms with Gasteiger partial charge in [-0.3, -0.25) is 0 Å². The summed E-state index contributed by atoms with van der Waals surface area (Å²) in [5.41, 5.74) is 9.77. The van der Waals surface area contributed by atoms with Crippen molar-refractivity contribution in [3.63, 3.8) is 0 Å². The van der Waals surface area contributed by atoms with Crippen LogP contribution in [0.2, 0.25) is 8.55 Å². The van der Waals surface area contributed by atoms with Crippen molar-refractivity contribution in [2.24, 2.45) is 0 Å². The van der Waals surface area contributed by atoms with Gasteiger partial charge in [0.15, 0.2) is 0 Å². The van der Waals surface area contributed by atoms with E-state index in [1.807, 2.05) is 0 Å². The summed E-state index contributed by atoms with van der Waals surface area (Å²) in [4.78, 5) is 2.80. The van der Waals surface area contributed by atoms with Crippen LogP contribution in [0.5, 0.6) is 0 Å². The lowest BCUT2D eigenvalue weighted by Gasteiger charge is -2.37. The Bertz CT molecular complexity index is 1140. The summed E-state index contributed by atoms with van der Waals surface area (Å²) < 4.78 is 0.571. The number of aryl methyl sites for hydroxylation is 6. The largest absolute Gasteiger partial charge is 0.307 e. The first-order chi connectivity index (χ1) is 16.6. The van der Waals surface area contributed by atoms with Crippen LogP contribution in [0.1, 0.15) is 80.5 Å². The molecule has 3 aromatic rings. The zero-order valence-corrected chi connectivity index (χ0v) is 26.8. The highest BCUT2D eigenvalue weighted by Crippen LogP contribution is 2.54. The Kier molecular flexibility index (Phi) is 8.84. The van der Waals surface area contributed by atoms with Gasteiger partial charge in [-0.25, -0.2) is 0 Å². The van der Waals surface area contributed by atoms with E-state index in [1.165, 1.54) is 49.6 Å². The van der Waals surface area contributed by atoms with Gasteiger partial charge in [0.25, 0.3) is 0 Å². The molecule has 0 N–H and O–H groups in total. The Morgan fingerprint density at radius 3 is 1.31 bits per heavy atom. The highest BCUT2D eigenvalue weighted by Gasteiger charge is 2.41. The van der Waals surface area contributed by atoms with Crippen LogP contribution in [0.25, 0.3) is 5.31 Å². The average Bonchev–Trinajstić information content (AvgIpc) is 2.71. The molecule has 0 heterocycles. The van der Waals surface area contributed by atoms with Gasteiger partial charge in [0.2, 0.25) is 0 Å². The van der Waals surface area contributed by atoms with Crippen LogP contribution in [0.4, 0.5) is 0 Å². The fourth-order valence-electron chi connectivity index (χ4n) is 6.27. The van der Waals surface area contributed by atoms with E-state index < -0.39 is 22.1 Å². The van der Waals surface area contributed by atoms with Crippen LogP contribution < -0.4 is 10.6 Å². The third-order valence-corrected chi connectivity index (χ3v) is 15.1. The third kappa shape index (κ3) is 6.43. The molecule has 0 fully saturated rings. The van der Waals surface area contributed by atoms with Crippen LogP contribution in [0, 0.1) is 41.5 Å². The molecule has 36 heavy (non-hydrogen) atoms. The predicted octanol–water partition coefficient (Wildman–Crippen LogP) is 9.65. The average molecular weight is 513 g/mol. The molecule has 0 radical (unpaired) electrons. The Morgan fingerprint density at radius 2 is 0.972 bits per heavy atom. The van der Waals surface area contributed by atoms with Gasteiger partial charge < -0.3 is 0 Å². The second kappa shape index (κ2) is 11.0. The molecule has 0 bridgehead atoms. The van der Waals surface area contributed by atoms with Gasteiger partial charge in [-0.1, -0.05) is 116 Å². The van der Waals surface area contributed by atoms with E-state index in [4.69, 9.17) is 0 Å². The summed E-state index contributed by atoms with van der Waals surface area (Å²) in [6.45, 7) is 28.5. The van der Waals surface area contributed by atoms with Gasteiger partial charge in [-0.05, 0) is 93.2 Å². The predicted molar refractivity (Wildman–Crippen MR) is 167 cm³/mol. The molecule has 0 nitrogen and oxygen atoms in total. The normalized spacial score (nSPS) is 12.9. The van der Waals surface area contributed by atoms with Gasteiger partial charge in [0.1, 0.15) is 0 Å². The van der Waals surface area contributed by atoms with Crippen LogP contribution in [0.15, 0.2) is 59.5 Å². The Morgan fingerprint density at radius 1 is 0.611 bits per heavy atom. The Hall–Kier alpha value is -1.64. The molecule has 3 rings (SSSR count). The minimum absolute atomic E-state index is 0.286. The standard InChI is InChI=1S/C26H28P.2C4H9.Al/c1-17-13-19(3)25(20(4)14-17)27(23(7)24-11-9-8-10-12-24)26-21(5)15-18(2)16-22(26)6;2*1-4(2)3;/h7-16H,1-6H3;2*1-3H3;. The first-order valence-corrected chi connectivity index (χ1v) is 16.5. The van der Waals surface area contributed by atoms with Crippen LogP contribution >= 0.6 is 7.92 Å². The van der Waals surface area contributed by atoms with Crippen LogP contribution in [-0.4, -0.2) is 14.1 Å². The summed E-state index contributed by atoms with van der Waals surface area (Å²) in [6.07, 6.45) is 0. The lowest BCUT2D eigenvalue weighted by Crippen LogP contribution is -2.34. The SMILES string of the molecule is Cc1cc(C)c(P(/C(=[CH]/[Al]([C](C)(C)C)[C](C)(C)C)c2ccccc2)c2c(C)cc(C)cc2C)c(C)c1. The van der Waals surface area contributed by atoms with Crippen molar-refractivity contribution in [3.05, 3.63) is 98.5 Å². The fourth-order valence-corrected chi connectivity index (χ4v) is 14.2. The highest BCUT2D eigenvalue weighted by atomic mass is 31.1. The van der Waals surface area contributed by atoms with Gasteiger partial charge in [0, 0.05) is 0 Å². The van der Waals surface area contributed by atoms with Crippen molar-refractivity contribution in [1.29, 1.82) is 0 Å². The maximum absolute atomic E-state index is 2.80. The molecule has 0 atom stereocenters. The van der Waals surface area contributed by atoms with Gasteiger partial charge >= 0.3 is 14.1 Å². The minimum Gasteiger partial charge on any atom is -0.135 e. The van der Waals surface area contributed by atoms with Crippen molar-refractivity contribution >= 4 is 38.0 Å². The van der Waals surface area contributed by atoms with E-state index in [9.17, 15) is 0 Å². The van der Waals surface area contributed by atoms with E-state index >= 15 is 0 Å². The second-order valence-corrected chi connectivity index (χ2v) is 19.8. The van der Waals surface area contributed by atoms with E-state index in [2.05, 4.69) is 143 Å². The molecule has 0 saturated heterocycles. The quantitative estimate of drug-likeness (QED) is 0.236. The smallest absolute Gasteiger partial charge is 0.135 e. The van der Waals surface area contributed by atoms with E-state index in [1.54, 1.807) is 5.31 Å². The molecule has 0 aliphatic carbocycles. The molecule has 0 amide bonds. The van der Waals surface area contributed by atoms with Crippen molar-refractivity contribution in [1.82, 2.24) is 0 Å². The van der Waals surface area contributed by atoms with Crippen molar-refractivity contribution in [2.75, 3.05) is 0 Å². The Balaban J connectivity index is 2.51. The van der Waals surface area contributed by atoms with E-state index in [-0.39, 0.29) is 8.55 Å². The lowest BCUT2D eigenvalue weighted by atomic mass is 10.1. The molecule has 0 spiro atoms. The molecule has 0 saturated carbocycles. The molecule has 0 aliphatic heterocycles. The maximum atomic E-state index is 2.80. The molecule has 0 unspecified atom stereocenters. The number of hydrogen-bond acceptors (Lipinski definition) is 0. The molecular weight excluding hydrogens is 466 g/mol. The molecule has 3 aromatic carbocycles. The molecular formula is C34H46AlP. The van der Waals surface area contributed by atoms with E-state index in [0.29, 0.717) is 0 Å². The zero-order valence-electron chi connectivity index (χ0n) is 24.8. The number of benzene rings is 3. The molecule has 190 valence electrons. The van der Waals surface area contributed by atoms with Crippen LogP contribution in [0.3, 0.4) is 0 Å². The zero-order chi connectivity index (χ0) is 27.0. The number of rotatable bonds is 5. The summed E-state index contributed by atoms with van der Waals surface area (Å²) in [7, 11) is -0.730. The van der Waals surface area contributed by atoms with Gasteiger partial charge in [-0.15, -0.1) is 4.94 Å². The fraction of sp³-hybridized carbons (Fsp3) is 0.412. The van der Waals surface area contributed by atoms with Crippen molar-refractivity contribution in [3.8, 4) is 0 Å². The second-order valence-electron chi connectivity index (χ2n) is 13.0. The van der Waals surface area contributed by atoms with Gasteiger partial charge in [0.05, 0.1) is 0 Å².